The van der Waals surface area contributed by atoms with Crippen molar-refractivity contribution in [1.29, 1.82) is 0 Å². The van der Waals surface area contributed by atoms with Gasteiger partial charge in [-0.3, -0.25) is 4.90 Å². The van der Waals surface area contributed by atoms with Gasteiger partial charge >= 0.3 is 0 Å². The Kier molecular flexibility index (Phi) is 5.77. The first kappa shape index (κ1) is 15.7. The van der Waals surface area contributed by atoms with Gasteiger partial charge in [0.05, 0.1) is 16.0 Å². The van der Waals surface area contributed by atoms with E-state index in [1.54, 1.807) is 11.3 Å². The van der Waals surface area contributed by atoms with E-state index in [4.69, 9.17) is 4.52 Å². The van der Waals surface area contributed by atoms with Crippen LogP contribution in [0.3, 0.4) is 0 Å². The summed E-state index contributed by atoms with van der Waals surface area (Å²) >= 11 is 5.20. The van der Waals surface area contributed by atoms with Crippen LogP contribution in [-0.4, -0.2) is 23.1 Å². The van der Waals surface area contributed by atoms with E-state index in [1.165, 1.54) is 9.35 Å². The summed E-state index contributed by atoms with van der Waals surface area (Å²) in [4.78, 5) is 2.22. The molecule has 0 fully saturated rings. The zero-order chi connectivity index (χ0) is 14.5. The van der Waals surface area contributed by atoms with E-state index in [0.29, 0.717) is 6.04 Å². The molecule has 0 unspecified atom stereocenters. The van der Waals surface area contributed by atoms with E-state index >= 15 is 0 Å². The first-order chi connectivity index (χ1) is 9.52. The molecule has 0 aliphatic heterocycles. The summed E-state index contributed by atoms with van der Waals surface area (Å²) < 4.78 is 6.54. The smallest absolute Gasteiger partial charge is 0.151 e. The third-order valence-electron chi connectivity index (χ3n) is 2.80. The first-order valence-electron chi connectivity index (χ1n) is 6.62. The van der Waals surface area contributed by atoms with Crippen LogP contribution in [0.4, 0.5) is 0 Å². The van der Waals surface area contributed by atoms with Crippen LogP contribution in [0, 0.1) is 0 Å². The average molecular weight is 358 g/mol. The van der Waals surface area contributed by atoms with E-state index in [9.17, 15) is 0 Å². The second kappa shape index (κ2) is 7.36. The van der Waals surface area contributed by atoms with Gasteiger partial charge in [0.2, 0.25) is 0 Å². The Balaban J connectivity index is 1.83. The molecule has 0 radical (unpaired) electrons. The molecule has 110 valence electrons. The van der Waals surface area contributed by atoms with Crippen LogP contribution >= 0.6 is 27.3 Å². The van der Waals surface area contributed by atoms with Gasteiger partial charge in [0.1, 0.15) is 0 Å². The van der Waals surface area contributed by atoms with E-state index in [2.05, 4.69) is 63.6 Å². The lowest BCUT2D eigenvalue weighted by molar-refractivity contribution is 0.265. The van der Waals surface area contributed by atoms with E-state index in [-0.39, 0.29) is 0 Å². The maximum absolute atomic E-state index is 5.37. The molecule has 20 heavy (non-hydrogen) atoms. The number of aromatic nitrogens is 1. The highest BCUT2D eigenvalue weighted by molar-refractivity contribution is 9.11. The second-order valence-electron chi connectivity index (χ2n) is 5.25. The monoisotopic (exact) mass is 357 g/mol. The molecule has 0 aliphatic rings. The fourth-order valence-corrected chi connectivity index (χ4v) is 3.08. The molecule has 6 heteroatoms. The number of hydrogen-bond acceptors (Lipinski definition) is 5. The molecule has 0 aromatic carbocycles. The zero-order valence-electron chi connectivity index (χ0n) is 12.0. The van der Waals surface area contributed by atoms with Crippen molar-refractivity contribution >= 4 is 27.3 Å². The lowest BCUT2D eigenvalue weighted by atomic mass is 10.3. The Bertz CT molecular complexity index is 538. The Hall–Kier alpha value is -0.690. The Morgan fingerprint density at radius 3 is 2.85 bits per heavy atom. The van der Waals surface area contributed by atoms with Crippen LogP contribution in [0.25, 0.3) is 0 Å². The fourth-order valence-electron chi connectivity index (χ4n) is 1.88. The minimum atomic E-state index is 0.454. The number of thiophene rings is 1. The van der Waals surface area contributed by atoms with Crippen molar-refractivity contribution in [3.8, 4) is 0 Å². The Morgan fingerprint density at radius 2 is 2.20 bits per heavy atom. The number of hydrogen-bond donors (Lipinski definition) is 1. The molecule has 4 nitrogen and oxygen atoms in total. The topological polar surface area (TPSA) is 41.3 Å². The Morgan fingerprint density at radius 1 is 1.40 bits per heavy atom. The number of nitrogens with one attached hydrogen (secondary N) is 1. The largest absolute Gasteiger partial charge is 0.360 e. The van der Waals surface area contributed by atoms with Gasteiger partial charge in [-0.05, 0) is 40.0 Å². The van der Waals surface area contributed by atoms with Crippen molar-refractivity contribution in [3.05, 3.63) is 38.3 Å². The quantitative estimate of drug-likeness (QED) is 0.821. The fraction of sp³-hybridized carbons (Fsp3) is 0.500. The number of halogens is 1. The van der Waals surface area contributed by atoms with Gasteiger partial charge < -0.3 is 9.84 Å². The van der Waals surface area contributed by atoms with Crippen LogP contribution in [0.2, 0.25) is 0 Å². The van der Waals surface area contributed by atoms with Crippen molar-refractivity contribution < 1.29 is 4.52 Å². The van der Waals surface area contributed by atoms with Gasteiger partial charge in [0.25, 0.3) is 0 Å². The number of rotatable bonds is 7. The maximum atomic E-state index is 5.37. The van der Waals surface area contributed by atoms with Crippen molar-refractivity contribution in [1.82, 2.24) is 15.4 Å². The van der Waals surface area contributed by atoms with Gasteiger partial charge in [0, 0.05) is 25.2 Å². The molecule has 0 atom stereocenters. The summed E-state index contributed by atoms with van der Waals surface area (Å²) in [6.45, 7) is 6.66. The van der Waals surface area contributed by atoms with Crippen molar-refractivity contribution in [2.24, 2.45) is 0 Å². The Labute approximate surface area is 132 Å². The summed E-state index contributed by atoms with van der Waals surface area (Å²) in [6.07, 6.45) is 0. The van der Waals surface area contributed by atoms with Crippen molar-refractivity contribution in [2.45, 2.75) is 39.5 Å². The summed E-state index contributed by atoms with van der Waals surface area (Å²) in [5.41, 5.74) is 2.27. The van der Waals surface area contributed by atoms with Crippen LogP contribution in [0.15, 0.2) is 25.8 Å². The minimum Gasteiger partial charge on any atom is -0.360 e. The van der Waals surface area contributed by atoms with Crippen LogP contribution < -0.4 is 5.32 Å². The summed E-state index contributed by atoms with van der Waals surface area (Å²) in [5.74, 6) is 0.905. The van der Waals surface area contributed by atoms with Crippen LogP contribution in [0.1, 0.15) is 30.9 Å². The van der Waals surface area contributed by atoms with Crippen molar-refractivity contribution in [2.75, 3.05) is 7.05 Å². The molecule has 0 aliphatic carbocycles. The summed E-state index contributed by atoms with van der Waals surface area (Å²) in [7, 11) is 2.08. The highest BCUT2D eigenvalue weighted by atomic mass is 79.9. The van der Waals surface area contributed by atoms with Crippen molar-refractivity contribution in [3.63, 3.8) is 0 Å². The molecular weight excluding hydrogens is 338 g/mol. The SMILES string of the molecule is CC(C)NCc1cc(CN(C)Cc2csc(Br)c2)on1. The summed E-state index contributed by atoms with van der Waals surface area (Å²) in [5, 5.41) is 9.58. The minimum absolute atomic E-state index is 0.454. The lowest BCUT2D eigenvalue weighted by Crippen LogP contribution is -2.21. The maximum Gasteiger partial charge on any atom is 0.151 e. The third-order valence-corrected chi connectivity index (χ3v) is 4.35. The molecule has 2 heterocycles. The van der Waals surface area contributed by atoms with E-state index in [0.717, 1.165) is 31.1 Å². The highest BCUT2D eigenvalue weighted by Crippen LogP contribution is 2.21. The molecule has 2 aromatic heterocycles. The molecular formula is C14H20BrN3OS. The standard InChI is InChI=1S/C14H20BrN3OS/c1-10(2)16-6-12-5-13(19-17-12)8-18(3)7-11-4-14(15)20-9-11/h4-5,9-10,16H,6-8H2,1-3H3. The molecule has 0 amide bonds. The third kappa shape index (κ3) is 5.01. The number of nitrogens with zero attached hydrogens (tertiary/aromatic N) is 2. The second-order valence-corrected chi connectivity index (χ2v) is 7.54. The average Bonchev–Trinajstić information content (AvgIpc) is 2.96. The molecule has 2 rings (SSSR count). The van der Waals surface area contributed by atoms with Gasteiger partial charge in [-0.1, -0.05) is 19.0 Å². The normalized spacial score (nSPS) is 11.7. The molecule has 0 saturated heterocycles. The molecule has 2 aromatic rings. The molecule has 1 N–H and O–H groups in total. The lowest BCUT2D eigenvalue weighted by Gasteiger charge is -2.13. The predicted octanol–water partition coefficient (Wildman–Crippen LogP) is 3.63. The van der Waals surface area contributed by atoms with Crippen LogP contribution in [-0.2, 0) is 19.6 Å². The van der Waals surface area contributed by atoms with Gasteiger partial charge in [-0.2, -0.15) is 0 Å². The van der Waals surface area contributed by atoms with Crippen LogP contribution in [0.5, 0.6) is 0 Å². The predicted molar refractivity (Wildman–Crippen MR) is 85.7 cm³/mol. The first-order valence-corrected chi connectivity index (χ1v) is 8.29. The highest BCUT2D eigenvalue weighted by Gasteiger charge is 2.09. The van der Waals surface area contributed by atoms with E-state index in [1.807, 2.05) is 6.07 Å². The van der Waals surface area contributed by atoms with E-state index < -0.39 is 0 Å². The molecule has 0 spiro atoms. The molecule has 0 saturated carbocycles. The molecule has 0 bridgehead atoms. The van der Waals surface area contributed by atoms with Gasteiger partial charge in [-0.15, -0.1) is 11.3 Å². The summed E-state index contributed by atoms with van der Waals surface area (Å²) in [6, 6.07) is 4.63. The van der Waals surface area contributed by atoms with Gasteiger partial charge in [-0.25, -0.2) is 0 Å². The zero-order valence-corrected chi connectivity index (χ0v) is 14.4. The van der Waals surface area contributed by atoms with Gasteiger partial charge in [0.15, 0.2) is 5.76 Å².